The van der Waals surface area contributed by atoms with Gasteiger partial charge in [-0.3, -0.25) is 4.79 Å². The van der Waals surface area contributed by atoms with Gasteiger partial charge in [0.2, 0.25) is 0 Å². The Balaban J connectivity index is 1.48. The van der Waals surface area contributed by atoms with E-state index in [0.29, 0.717) is 27.0 Å². The van der Waals surface area contributed by atoms with Crippen LogP contribution in [0.2, 0.25) is 5.02 Å². The standard InChI is InChI=1S/C22H17ClN2O3S/c1-13-10-15(7-8-17(13)23)28-12-21(27)24-14-6-9-19(26)16(11-14)22-25-18-4-2-3-5-20(18)29-22/h2-11,26H,12H2,1H3,(H,24,27). The number of aromatic hydroxyl groups is 1. The number of hydrogen-bond donors (Lipinski definition) is 2. The summed E-state index contributed by atoms with van der Waals surface area (Å²) in [4.78, 5) is 16.8. The molecule has 4 aromatic rings. The lowest BCUT2D eigenvalue weighted by Crippen LogP contribution is -2.20. The van der Waals surface area contributed by atoms with E-state index in [1.54, 1.807) is 36.4 Å². The van der Waals surface area contributed by atoms with Crippen LogP contribution in [0.5, 0.6) is 11.5 Å². The molecule has 1 amide bonds. The number of hydrogen-bond acceptors (Lipinski definition) is 5. The maximum Gasteiger partial charge on any atom is 0.262 e. The zero-order chi connectivity index (χ0) is 20.4. The molecule has 1 heterocycles. The summed E-state index contributed by atoms with van der Waals surface area (Å²) in [7, 11) is 0. The Morgan fingerprint density at radius 2 is 2.00 bits per heavy atom. The van der Waals surface area contributed by atoms with Gasteiger partial charge < -0.3 is 15.2 Å². The highest BCUT2D eigenvalue weighted by atomic mass is 35.5. The molecule has 0 bridgehead atoms. The summed E-state index contributed by atoms with van der Waals surface area (Å²) in [5.41, 5.74) is 2.87. The highest BCUT2D eigenvalue weighted by Gasteiger charge is 2.13. The molecule has 0 fully saturated rings. The Bertz CT molecular complexity index is 1170. The van der Waals surface area contributed by atoms with Crippen molar-refractivity contribution >= 4 is 44.7 Å². The zero-order valence-electron chi connectivity index (χ0n) is 15.5. The number of nitrogens with zero attached hydrogens (tertiary/aromatic N) is 1. The Morgan fingerprint density at radius 1 is 1.17 bits per heavy atom. The normalized spacial score (nSPS) is 10.8. The predicted octanol–water partition coefficient (Wildman–Crippen LogP) is 5.65. The number of aryl methyl sites for hydroxylation is 1. The fourth-order valence-electron chi connectivity index (χ4n) is 2.83. The summed E-state index contributed by atoms with van der Waals surface area (Å²) in [6, 6.07) is 17.9. The highest BCUT2D eigenvalue weighted by molar-refractivity contribution is 7.21. The number of thiazole rings is 1. The van der Waals surface area contributed by atoms with Crippen molar-refractivity contribution in [2.45, 2.75) is 6.92 Å². The molecule has 0 spiro atoms. The van der Waals surface area contributed by atoms with E-state index in [2.05, 4.69) is 10.3 Å². The van der Waals surface area contributed by atoms with Crippen molar-refractivity contribution in [3.05, 3.63) is 71.2 Å². The summed E-state index contributed by atoms with van der Waals surface area (Å²) < 4.78 is 6.55. The molecule has 4 rings (SSSR count). The van der Waals surface area contributed by atoms with Gasteiger partial charge in [-0.05, 0) is 61.0 Å². The van der Waals surface area contributed by atoms with Crippen LogP contribution in [0.15, 0.2) is 60.7 Å². The van der Waals surface area contributed by atoms with Crippen molar-refractivity contribution in [2.75, 3.05) is 11.9 Å². The van der Waals surface area contributed by atoms with E-state index in [4.69, 9.17) is 16.3 Å². The van der Waals surface area contributed by atoms with Gasteiger partial charge in [0.25, 0.3) is 5.91 Å². The van der Waals surface area contributed by atoms with E-state index in [0.717, 1.165) is 15.8 Å². The van der Waals surface area contributed by atoms with E-state index < -0.39 is 0 Å². The van der Waals surface area contributed by atoms with Gasteiger partial charge in [0.1, 0.15) is 16.5 Å². The number of phenols is 1. The largest absolute Gasteiger partial charge is 0.507 e. The van der Waals surface area contributed by atoms with Gasteiger partial charge in [-0.2, -0.15) is 0 Å². The first-order valence-electron chi connectivity index (χ1n) is 8.87. The fourth-order valence-corrected chi connectivity index (χ4v) is 3.93. The summed E-state index contributed by atoms with van der Waals surface area (Å²) >= 11 is 7.48. The number of aromatic nitrogens is 1. The third kappa shape index (κ3) is 4.34. The lowest BCUT2D eigenvalue weighted by atomic mass is 10.2. The van der Waals surface area contributed by atoms with Crippen LogP contribution in [0.3, 0.4) is 0 Å². The van der Waals surface area contributed by atoms with Crippen LogP contribution >= 0.6 is 22.9 Å². The number of phenolic OH excluding ortho intramolecular Hbond substituents is 1. The minimum absolute atomic E-state index is 0.106. The monoisotopic (exact) mass is 424 g/mol. The highest BCUT2D eigenvalue weighted by Crippen LogP contribution is 2.36. The first-order valence-corrected chi connectivity index (χ1v) is 10.1. The van der Waals surface area contributed by atoms with E-state index in [1.807, 2.05) is 31.2 Å². The average molecular weight is 425 g/mol. The molecule has 146 valence electrons. The molecule has 29 heavy (non-hydrogen) atoms. The molecule has 0 saturated heterocycles. The summed E-state index contributed by atoms with van der Waals surface area (Å²) in [5, 5.41) is 14.4. The number of para-hydroxylation sites is 1. The van der Waals surface area contributed by atoms with Crippen molar-refractivity contribution in [1.82, 2.24) is 4.98 Å². The van der Waals surface area contributed by atoms with Gasteiger partial charge >= 0.3 is 0 Å². The number of amides is 1. The number of nitrogens with one attached hydrogen (secondary N) is 1. The van der Waals surface area contributed by atoms with Crippen molar-refractivity contribution < 1.29 is 14.6 Å². The van der Waals surface area contributed by atoms with E-state index in [1.165, 1.54) is 11.3 Å². The fraction of sp³-hybridized carbons (Fsp3) is 0.0909. The van der Waals surface area contributed by atoms with Crippen molar-refractivity contribution in [3.63, 3.8) is 0 Å². The number of benzene rings is 3. The van der Waals surface area contributed by atoms with Crippen LogP contribution in [0, 0.1) is 6.92 Å². The van der Waals surface area contributed by atoms with Crippen LogP contribution in [-0.4, -0.2) is 22.6 Å². The summed E-state index contributed by atoms with van der Waals surface area (Å²) in [6.45, 7) is 1.73. The molecule has 0 aliphatic heterocycles. The Morgan fingerprint density at radius 3 is 2.79 bits per heavy atom. The number of fused-ring (bicyclic) bond motifs is 1. The molecule has 0 aliphatic carbocycles. The second-order valence-electron chi connectivity index (χ2n) is 6.47. The molecule has 0 saturated carbocycles. The van der Waals surface area contributed by atoms with Crippen molar-refractivity contribution in [1.29, 1.82) is 0 Å². The van der Waals surface area contributed by atoms with Gasteiger partial charge in [-0.15, -0.1) is 11.3 Å². The van der Waals surface area contributed by atoms with Crippen LogP contribution < -0.4 is 10.1 Å². The molecule has 5 nitrogen and oxygen atoms in total. The minimum atomic E-state index is -0.307. The maximum atomic E-state index is 12.3. The predicted molar refractivity (Wildman–Crippen MR) is 117 cm³/mol. The average Bonchev–Trinajstić information content (AvgIpc) is 3.14. The molecule has 2 N–H and O–H groups in total. The Hall–Kier alpha value is -3.09. The second kappa shape index (κ2) is 8.11. The smallest absolute Gasteiger partial charge is 0.262 e. The molecular weight excluding hydrogens is 408 g/mol. The quantitative estimate of drug-likeness (QED) is 0.406. The molecule has 3 aromatic carbocycles. The van der Waals surface area contributed by atoms with Gasteiger partial charge in [0.15, 0.2) is 6.61 Å². The number of anilines is 1. The summed E-state index contributed by atoms with van der Waals surface area (Å²) in [6.07, 6.45) is 0. The Kier molecular flexibility index (Phi) is 5.38. The zero-order valence-corrected chi connectivity index (χ0v) is 17.1. The third-order valence-electron chi connectivity index (χ3n) is 4.30. The van der Waals surface area contributed by atoms with Crippen LogP contribution in [-0.2, 0) is 4.79 Å². The first-order chi connectivity index (χ1) is 14.0. The molecule has 0 radical (unpaired) electrons. The van der Waals surface area contributed by atoms with Crippen LogP contribution in [0.25, 0.3) is 20.8 Å². The maximum absolute atomic E-state index is 12.3. The molecule has 7 heteroatoms. The Labute approximate surface area is 176 Å². The van der Waals surface area contributed by atoms with E-state index in [9.17, 15) is 9.90 Å². The molecule has 0 unspecified atom stereocenters. The van der Waals surface area contributed by atoms with Gasteiger partial charge in [-0.1, -0.05) is 23.7 Å². The number of rotatable bonds is 5. The SMILES string of the molecule is Cc1cc(OCC(=O)Nc2ccc(O)c(-c3nc4ccccc4s3)c2)ccc1Cl. The second-order valence-corrected chi connectivity index (χ2v) is 7.90. The van der Waals surface area contributed by atoms with E-state index >= 15 is 0 Å². The van der Waals surface area contributed by atoms with Crippen molar-refractivity contribution in [2.24, 2.45) is 0 Å². The lowest BCUT2D eigenvalue weighted by molar-refractivity contribution is -0.118. The minimum Gasteiger partial charge on any atom is -0.507 e. The third-order valence-corrected chi connectivity index (χ3v) is 5.80. The van der Waals surface area contributed by atoms with Gasteiger partial charge in [0.05, 0.1) is 15.8 Å². The molecule has 0 aliphatic rings. The number of carbonyl (C=O) groups excluding carboxylic acids is 1. The van der Waals surface area contributed by atoms with Gasteiger partial charge in [0, 0.05) is 10.7 Å². The molecule has 0 atom stereocenters. The number of carbonyl (C=O) groups is 1. The number of halogens is 1. The van der Waals surface area contributed by atoms with Crippen molar-refractivity contribution in [3.8, 4) is 22.1 Å². The summed E-state index contributed by atoms with van der Waals surface area (Å²) in [5.74, 6) is 0.372. The lowest BCUT2D eigenvalue weighted by Gasteiger charge is -2.10. The van der Waals surface area contributed by atoms with Crippen LogP contribution in [0.4, 0.5) is 5.69 Å². The van der Waals surface area contributed by atoms with E-state index in [-0.39, 0.29) is 18.3 Å². The molecule has 1 aromatic heterocycles. The number of ether oxygens (including phenoxy) is 1. The topological polar surface area (TPSA) is 71.5 Å². The first kappa shape index (κ1) is 19.2. The van der Waals surface area contributed by atoms with Crippen LogP contribution in [0.1, 0.15) is 5.56 Å². The molecular formula is C22H17ClN2O3S. The van der Waals surface area contributed by atoms with Gasteiger partial charge in [-0.25, -0.2) is 4.98 Å².